The maximum absolute atomic E-state index is 9.05. The lowest BCUT2D eigenvalue weighted by atomic mass is 9.76. The first kappa shape index (κ1) is 75.2. The van der Waals surface area contributed by atoms with Gasteiger partial charge in [-0.2, -0.15) is 5.26 Å². The Hall–Kier alpha value is -15.3. The summed E-state index contributed by atoms with van der Waals surface area (Å²) < 4.78 is 127. The van der Waals surface area contributed by atoms with Crippen molar-refractivity contribution in [3.8, 4) is 113 Å². The molecule has 0 radical (unpaired) electrons. The maximum Gasteiger partial charge on any atom is 0.252 e. The molecule has 3 aromatic heterocycles. The highest BCUT2D eigenvalue weighted by molar-refractivity contribution is 6.20. The summed E-state index contributed by atoms with van der Waals surface area (Å²) in [6.07, 6.45) is 5.49. The smallest absolute Gasteiger partial charge is 0.252 e. The number of para-hydroxylation sites is 4. The molecule has 0 spiro atoms. The Labute approximate surface area is 818 Å². The molecule has 0 bridgehead atoms. The largest absolute Gasteiger partial charge is 0.309 e. The van der Waals surface area contributed by atoms with E-state index in [-0.39, 0.29) is 98.8 Å². The van der Waals surface area contributed by atoms with Crippen LogP contribution in [0.25, 0.3) is 165 Å². The Bertz CT molecular complexity index is 8620. The minimum atomic E-state index is -0.577. The van der Waals surface area contributed by atoms with Crippen LogP contribution in [0, 0.1) is 37.2 Å². The molecule has 0 aliphatic carbocycles. The monoisotopic (exact) mass is 1760 g/mol. The molecule has 0 amide bonds. The predicted molar refractivity (Wildman–Crippen MR) is 577 cm³/mol. The molecule has 0 saturated heterocycles. The van der Waals surface area contributed by atoms with Gasteiger partial charge in [0.05, 0.1) is 69.6 Å². The summed E-state index contributed by atoms with van der Waals surface area (Å²) in [6.45, 7) is 46.1. The lowest BCUT2D eigenvalue weighted by molar-refractivity contribution is 0.589. The van der Waals surface area contributed by atoms with Crippen LogP contribution in [-0.4, -0.2) is 13.7 Å². The molecule has 3 heterocycles. The molecule has 0 saturated carbocycles. The second-order valence-electron chi connectivity index (χ2n) is 40.3. The molecular formula is C130H119N5. The Morgan fingerprint density at radius 3 is 1.04 bits per heavy atom. The fraction of sp³-hybridized carbons (Fsp3) is 0.185. The van der Waals surface area contributed by atoms with Crippen molar-refractivity contribution in [3.63, 3.8) is 0 Å². The Balaban J connectivity index is 0.000000139. The van der Waals surface area contributed by atoms with Crippen molar-refractivity contribution < 1.29 is 19.2 Å². The Kier molecular flexibility index (Phi) is 20.6. The molecule has 0 fully saturated rings. The maximum atomic E-state index is 9.05. The summed E-state index contributed by atoms with van der Waals surface area (Å²) in [5.74, 6) is 2.67. The van der Waals surface area contributed by atoms with Gasteiger partial charge >= 0.3 is 0 Å². The van der Waals surface area contributed by atoms with Crippen molar-refractivity contribution in [2.24, 2.45) is 0 Å². The molecule has 0 N–H and O–H groups in total. The van der Waals surface area contributed by atoms with Gasteiger partial charge in [0.15, 0.2) is 0 Å². The van der Waals surface area contributed by atoms with E-state index in [4.69, 9.17) is 37.4 Å². The van der Waals surface area contributed by atoms with Gasteiger partial charge in [0.2, 0.25) is 0 Å². The van der Waals surface area contributed by atoms with E-state index in [1.165, 1.54) is 60.8 Å². The van der Waals surface area contributed by atoms with Crippen LogP contribution in [-0.2, 0) is 32.6 Å². The van der Waals surface area contributed by atoms with E-state index >= 15 is 0 Å². The number of rotatable bonds is 11. The van der Waals surface area contributed by atoms with Crippen LogP contribution in [0.15, 0.2) is 388 Å². The summed E-state index contributed by atoms with van der Waals surface area (Å²) in [5, 5.41) is 14.7. The summed E-state index contributed by atoms with van der Waals surface area (Å²) in [5.41, 5.74) is 28.0. The number of benzene rings is 17. The fourth-order valence-corrected chi connectivity index (χ4v) is 19.3. The molecule has 5 heteroatoms. The number of nitriles is 1. The van der Waals surface area contributed by atoms with Gasteiger partial charge in [0.1, 0.15) is 0 Å². The van der Waals surface area contributed by atoms with Crippen molar-refractivity contribution in [2.45, 2.75) is 157 Å². The average molecular weight is 1770 g/mol. The second-order valence-corrected chi connectivity index (χ2v) is 40.3. The highest BCUT2D eigenvalue weighted by atomic mass is 15.0. The van der Waals surface area contributed by atoms with Crippen LogP contribution in [0.4, 0.5) is 0 Å². The van der Waals surface area contributed by atoms with Gasteiger partial charge in [0, 0.05) is 68.7 Å². The van der Waals surface area contributed by atoms with Gasteiger partial charge in [-0.05, 0) is 231 Å². The Morgan fingerprint density at radius 1 is 0.289 bits per heavy atom. The van der Waals surface area contributed by atoms with Gasteiger partial charge in [-0.25, -0.2) is 6.57 Å². The standard InChI is InChI=1S/C40H32N2.C35H31N.C30H35N.C25H21N/c1-40(2,3)39-36(42-32-22-12-10-19-30(32)31-20-11-13-23-33(31)42)26-25-35-38(39)37-29(27-15-6-4-7-16-27)21-14-24-34(37)41(35)28-17-8-5-9-18-28;1-24-13-11-16-26(23-24)29-21-22-31-33(34(29)35(2,3)4)32-28(25-14-7-5-8-15-25)19-12-20-30(32)36(31)27-17-9-6-10-18-27;1-28(2,3)23-17-13-21(14-18-23)25-11-10-12-26(27(25)29(4,5)6)22-15-19-24(20-16-22)30(7,8)31-9;1-5-18-9-13-20(14-10-18)22-7-6-8-23(24(22)25(2,3)4)21-15-11-19(17-26)12-16-21/h4-26H,1-3H3;5-23H,1-4H3;10-20H,1-8H3;1,6-16H,2-4H3/i4D,6D,7D,15D,16D;5D,7D,8D,11D,13D,14D,15D,16D,23D;;. The summed E-state index contributed by atoms with van der Waals surface area (Å²) in [7, 11) is 0. The van der Waals surface area contributed by atoms with E-state index in [0.29, 0.717) is 33.2 Å². The first-order valence-electron chi connectivity index (χ1n) is 53.0. The fourth-order valence-electron chi connectivity index (χ4n) is 19.3. The van der Waals surface area contributed by atoms with Crippen LogP contribution in [0.2, 0.25) is 0 Å². The van der Waals surface area contributed by atoms with E-state index in [0.717, 1.165) is 99.7 Å². The van der Waals surface area contributed by atoms with Crippen molar-refractivity contribution >= 4 is 65.4 Å². The lowest BCUT2D eigenvalue weighted by Gasteiger charge is -2.27. The van der Waals surface area contributed by atoms with Crippen LogP contribution >= 0.6 is 0 Å². The summed E-state index contributed by atoms with van der Waals surface area (Å²) in [6, 6.07) is 101. The molecule has 0 aliphatic heterocycles. The van der Waals surface area contributed by atoms with E-state index in [9.17, 15) is 0 Å². The SMILES string of the molecule is C#Cc1ccc(-c2cccc(-c3ccc(C#N)cc3)c2C(C)(C)C)cc1.[2H]c1c([2H])c([2H])c(-c2cccc3c2c2c(C(C)(C)C)c(-c4c([2H])c([2H])c([2H])c(C)c4[2H])ccc2n3-c2ccccc2)c([2H])c1[2H].[2H]c1c([2H])c([2H])c(-c2cccc3c2c2c(C(C)(C)C)c(-n4c5ccccc5c5ccccc54)ccc2n3-c2ccccc2)c([2H])c1[2H].[C-]#[N+]C(C)(C)c1ccc(-c2cccc(-c3ccc(C(C)(C)C)cc3)c2C(C)(C)C)cc1. The zero-order valence-corrected chi connectivity index (χ0v) is 80.2. The number of fused-ring (bicyclic) bond motifs is 9. The number of nitrogens with zero attached hydrogens (tertiary/aromatic N) is 5. The molecule has 0 atom stereocenters. The summed E-state index contributed by atoms with van der Waals surface area (Å²) in [4.78, 5) is 3.78. The highest BCUT2D eigenvalue weighted by Crippen LogP contribution is 2.51. The van der Waals surface area contributed by atoms with E-state index < -0.39 is 35.1 Å². The first-order chi connectivity index (χ1) is 70.5. The van der Waals surface area contributed by atoms with Crippen LogP contribution < -0.4 is 0 Å². The highest BCUT2D eigenvalue weighted by Gasteiger charge is 2.34. The number of aromatic nitrogens is 3. The van der Waals surface area contributed by atoms with Crippen molar-refractivity contribution in [1.82, 2.24) is 13.7 Å². The molecule has 664 valence electrons. The third kappa shape index (κ3) is 18.2. The topological polar surface area (TPSA) is 42.9 Å². The molecular weight excluding hydrogens is 1630 g/mol. The van der Waals surface area contributed by atoms with E-state index in [2.05, 4.69) is 290 Å². The number of hydrogen-bond donors (Lipinski definition) is 0. The van der Waals surface area contributed by atoms with Gasteiger partial charge in [-0.1, -0.05) is 412 Å². The van der Waals surface area contributed by atoms with Crippen molar-refractivity contribution in [3.05, 3.63) is 449 Å². The third-order valence-corrected chi connectivity index (χ3v) is 25.4. The zero-order valence-electron chi connectivity index (χ0n) is 94.2. The van der Waals surface area contributed by atoms with Crippen molar-refractivity contribution in [1.29, 1.82) is 5.26 Å². The molecule has 5 nitrogen and oxygen atoms in total. The normalized spacial score (nSPS) is 13.4. The van der Waals surface area contributed by atoms with Gasteiger partial charge in [-0.15, -0.1) is 6.42 Å². The first-order valence-corrected chi connectivity index (χ1v) is 46.0. The molecule has 0 aliphatic rings. The minimum Gasteiger partial charge on any atom is -0.309 e. The number of hydrogen-bond acceptors (Lipinski definition) is 1. The molecule has 0 unspecified atom stereocenters. The second kappa shape index (κ2) is 37.0. The van der Waals surface area contributed by atoms with Gasteiger partial charge < -0.3 is 18.5 Å². The molecule has 20 aromatic rings. The van der Waals surface area contributed by atoms with Crippen LogP contribution in [0.5, 0.6) is 0 Å². The number of terminal acetylenes is 1. The third-order valence-electron chi connectivity index (χ3n) is 25.4. The van der Waals surface area contributed by atoms with E-state index in [1.54, 1.807) is 13.0 Å². The minimum absolute atomic E-state index is 0.0108. The molecule has 20 rings (SSSR count). The molecule has 17 aromatic carbocycles. The summed E-state index contributed by atoms with van der Waals surface area (Å²) >= 11 is 0. The van der Waals surface area contributed by atoms with Gasteiger partial charge in [-0.3, -0.25) is 0 Å². The predicted octanol–water partition coefficient (Wildman–Crippen LogP) is 35.5. The lowest BCUT2D eigenvalue weighted by Crippen LogP contribution is -2.16. The molecule has 135 heavy (non-hydrogen) atoms. The van der Waals surface area contributed by atoms with Crippen LogP contribution in [0.1, 0.15) is 187 Å². The van der Waals surface area contributed by atoms with Crippen LogP contribution in [0.3, 0.4) is 0 Å². The quantitative estimate of drug-likeness (QED) is 0.0940. The average Bonchev–Trinajstić information content (AvgIpc) is 1.55. The van der Waals surface area contributed by atoms with Crippen molar-refractivity contribution in [2.75, 3.05) is 0 Å². The zero-order chi connectivity index (χ0) is 107. The van der Waals surface area contributed by atoms with Gasteiger partial charge in [0.25, 0.3) is 5.54 Å². The Morgan fingerprint density at radius 2 is 0.637 bits per heavy atom. The van der Waals surface area contributed by atoms with E-state index in [1.807, 2.05) is 156 Å².